The summed E-state index contributed by atoms with van der Waals surface area (Å²) in [4.78, 5) is 24.8. The highest BCUT2D eigenvalue weighted by atomic mass is 16.5. The Morgan fingerprint density at radius 3 is 2.14 bits per heavy atom. The van der Waals surface area contributed by atoms with Crippen LogP contribution in [0.5, 0.6) is 0 Å². The van der Waals surface area contributed by atoms with Gasteiger partial charge in [0.2, 0.25) is 0 Å². The van der Waals surface area contributed by atoms with Crippen molar-refractivity contribution in [3.8, 4) is 0 Å². The first-order chi connectivity index (χ1) is 13.9. The van der Waals surface area contributed by atoms with Crippen LogP contribution in [0.25, 0.3) is 0 Å². The molecule has 29 heavy (non-hydrogen) atoms. The number of hydrogen-bond donors (Lipinski definition) is 0. The van der Waals surface area contributed by atoms with Gasteiger partial charge in [0.05, 0.1) is 13.1 Å². The lowest BCUT2D eigenvalue weighted by molar-refractivity contribution is -0.917. The van der Waals surface area contributed by atoms with Crippen LogP contribution >= 0.6 is 0 Å². The van der Waals surface area contributed by atoms with Gasteiger partial charge in [-0.2, -0.15) is 0 Å². The van der Waals surface area contributed by atoms with E-state index in [1.165, 1.54) is 30.4 Å². The fraction of sp³-hybridized carbons (Fsp3) is 0.680. The first kappa shape index (κ1) is 25.4. The quantitative estimate of drug-likeness (QED) is 0.230. The second kappa shape index (κ2) is 13.5. The van der Waals surface area contributed by atoms with Crippen molar-refractivity contribution in [1.29, 1.82) is 0 Å². The summed E-state index contributed by atoms with van der Waals surface area (Å²) in [5.41, 5.74) is 3.51. The lowest BCUT2D eigenvalue weighted by Crippen LogP contribution is -2.53. The van der Waals surface area contributed by atoms with E-state index in [1.54, 1.807) is 0 Å². The molecular weight excluding hydrogens is 362 g/mol. The van der Waals surface area contributed by atoms with Crippen molar-refractivity contribution in [3.05, 3.63) is 34.9 Å². The monoisotopic (exact) mass is 404 g/mol. The van der Waals surface area contributed by atoms with Crippen LogP contribution in [0.15, 0.2) is 18.2 Å². The van der Waals surface area contributed by atoms with Crippen LogP contribution in [0.1, 0.15) is 76.0 Å². The fourth-order valence-electron chi connectivity index (χ4n) is 3.90. The number of quaternary nitrogens is 1. The minimum atomic E-state index is -0.103. The average molecular weight is 405 g/mol. The van der Waals surface area contributed by atoms with Crippen LogP contribution in [0.2, 0.25) is 0 Å². The van der Waals surface area contributed by atoms with E-state index in [0.29, 0.717) is 37.0 Å². The Morgan fingerprint density at radius 1 is 0.931 bits per heavy atom. The maximum Gasteiger partial charge on any atom is 0.305 e. The molecule has 0 bridgehead atoms. The third-order valence-electron chi connectivity index (χ3n) is 6.18. The maximum atomic E-state index is 12.9. The van der Waals surface area contributed by atoms with Gasteiger partial charge in [0.25, 0.3) is 0 Å². The van der Waals surface area contributed by atoms with Crippen molar-refractivity contribution < 1.29 is 18.8 Å². The Kier molecular flexibility index (Phi) is 11.8. The fourth-order valence-corrected chi connectivity index (χ4v) is 3.90. The topological polar surface area (TPSA) is 43.4 Å². The standard InChI is InChI=1S/C25H42NO3/c1-6-9-10-11-12-16-25(28)29-18-17-26(7-2,8-3)20-23(27)19-24-21(4)14-13-15-22(24)5/h13-15H,6-12,16-20H2,1-5H3/q+1. The van der Waals surface area contributed by atoms with Gasteiger partial charge in [-0.25, -0.2) is 0 Å². The van der Waals surface area contributed by atoms with E-state index in [2.05, 4.69) is 46.8 Å². The molecule has 0 aromatic heterocycles. The predicted molar refractivity (Wildman–Crippen MR) is 120 cm³/mol. The van der Waals surface area contributed by atoms with E-state index < -0.39 is 0 Å². The van der Waals surface area contributed by atoms with Gasteiger partial charge in [0.1, 0.15) is 19.7 Å². The molecule has 0 amide bonds. The Morgan fingerprint density at radius 2 is 1.55 bits per heavy atom. The van der Waals surface area contributed by atoms with E-state index in [1.807, 2.05) is 6.07 Å². The first-order valence-electron chi connectivity index (χ1n) is 11.4. The number of nitrogens with zero attached hydrogens (tertiary/aromatic N) is 1. The summed E-state index contributed by atoms with van der Waals surface area (Å²) >= 11 is 0. The highest BCUT2D eigenvalue weighted by Gasteiger charge is 2.27. The molecule has 0 N–H and O–H groups in total. The van der Waals surface area contributed by atoms with E-state index >= 15 is 0 Å². The van der Waals surface area contributed by atoms with Crippen LogP contribution in [0.4, 0.5) is 0 Å². The summed E-state index contributed by atoms with van der Waals surface area (Å²) in [5, 5.41) is 0. The molecule has 0 saturated carbocycles. The van der Waals surface area contributed by atoms with Gasteiger partial charge in [-0.05, 0) is 50.8 Å². The molecular formula is C25H42NO3+. The van der Waals surface area contributed by atoms with Gasteiger partial charge in [0, 0.05) is 12.8 Å². The number of likely N-dealkylation sites (N-methyl/N-ethyl adjacent to an activating group) is 1. The molecule has 4 heteroatoms. The minimum Gasteiger partial charge on any atom is -0.460 e. The van der Waals surface area contributed by atoms with Crippen LogP contribution in [0.3, 0.4) is 0 Å². The SMILES string of the molecule is CCCCCCCC(=O)OCC[N+](CC)(CC)CC(=O)Cc1c(C)cccc1C. The average Bonchev–Trinajstić information content (AvgIpc) is 2.70. The summed E-state index contributed by atoms with van der Waals surface area (Å²) in [7, 11) is 0. The lowest BCUT2D eigenvalue weighted by atomic mass is 9.97. The van der Waals surface area contributed by atoms with Gasteiger partial charge in [-0.3, -0.25) is 9.59 Å². The Balaban J connectivity index is 2.50. The van der Waals surface area contributed by atoms with Gasteiger partial charge in [-0.1, -0.05) is 50.8 Å². The number of rotatable bonds is 15. The molecule has 1 aromatic carbocycles. The van der Waals surface area contributed by atoms with E-state index in [-0.39, 0.29) is 11.8 Å². The Labute approximate surface area is 178 Å². The van der Waals surface area contributed by atoms with E-state index in [4.69, 9.17) is 4.74 Å². The molecule has 0 radical (unpaired) electrons. The van der Waals surface area contributed by atoms with Crippen LogP contribution in [0, 0.1) is 13.8 Å². The van der Waals surface area contributed by atoms with Crippen molar-refractivity contribution in [2.75, 3.05) is 32.8 Å². The van der Waals surface area contributed by atoms with Crippen LogP contribution in [-0.4, -0.2) is 49.0 Å². The molecule has 0 saturated heterocycles. The molecule has 1 aromatic rings. The molecule has 0 fully saturated rings. The second-order valence-corrected chi connectivity index (χ2v) is 8.33. The van der Waals surface area contributed by atoms with Gasteiger partial charge in [-0.15, -0.1) is 0 Å². The number of esters is 1. The Hall–Kier alpha value is -1.68. The molecule has 0 heterocycles. The normalized spacial score (nSPS) is 11.5. The van der Waals surface area contributed by atoms with Crippen molar-refractivity contribution in [2.45, 2.75) is 79.6 Å². The lowest BCUT2D eigenvalue weighted by Gasteiger charge is -2.36. The molecule has 164 valence electrons. The number of benzene rings is 1. The number of carbonyl (C=O) groups excluding carboxylic acids is 2. The van der Waals surface area contributed by atoms with E-state index in [0.717, 1.165) is 31.5 Å². The number of Topliss-reactive ketones (excluding diaryl/α,β-unsaturated/α-hetero) is 1. The summed E-state index contributed by atoms with van der Waals surface area (Å²) in [6.07, 6.45) is 6.63. The van der Waals surface area contributed by atoms with Crippen molar-refractivity contribution >= 4 is 11.8 Å². The molecule has 0 aliphatic rings. The summed E-state index contributed by atoms with van der Waals surface area (Å²) in [5.74, 6) is 0.155. The third-order valence-corrected chi connectivity index (χ3v) is 6.18. The number of ether oxygens (including phenoxy) is 1. The molecule has 1 rings (SSSR count). The smallest absolute Gasteiger partial charge is 0.305 e. The molecule has 0 spiro atoms. The minimum absolute atomic E-state index is 0.103. The van der Waals surface area contributed by atoms with E-state index in [9.17, 15) is 9.59 Å². The van der Waals surface area contributed by atoms with Crippen molar-refractivity contribution in [2.24, 2.45) is 0 Å². The largest absolute Gasteiger partial charge is 0.460 e. The highest BCUT2D eigenvalue weighted by molar-refractivity contribution is 5.82. The van der Waals surface area contributed by atoms with Gasteiger partial charge < -0.3 is 9.22 Å². The zero-order valence-electron chi connectivity index (χ0n) is 19.4. The first-order valence-corrected chi connectivity index (χ1v) is 11.4. The van der Waals surface area contributed by atoms with Crippen molar-refractivity contribution in [3.63, 3.8) is 0 Å². The Bertz CT molecular complexity index is 615. The summed E-state index contributed by atoms with van der Waals surface area (Å²) in [6, 6.07) is 6.17. The molecule has 0 aliphatic carbocycles. The number of ketones is 1. The van der Waals surface area contributed by atoms with Crippen LogP contribution in [-0.2, 0) is 20.7 Å². The predicted octanol–water partition coefficient (Wildman–Crippen LogP) is 5.18. The third kappa shape index (κ3) is 9.12. The summed E-state index contributed by atoms with van der Waals surface area (Å²) in [6.45, 7) is 13.9. The van der Waals surface area contributed by atoms with Crippen LogP contribution < -0.4 is 0 Å². The molecule has 0 aliphatic heterocycles. The molecule has 0 atom stereocenters. The second-order valence-electron chi connectivity index (χ2n) is 8.33. The van der Waals surface area contributed by atoms with Gasteiger partial charge >= 0.3 is 5.97 Å². The number of carbonyl (C=O) groups is 2. The molecule has 0 unspecified atom stereocenters. The van der Waals surface area contributed by atoms with Crippen molar-refractivity contribution in [1.82, 2.24) is 0 Å². The number of unbranched alkanes of at least 4 members (excludes halogenated alkanes) is 4. The zero-order chi connectivity index (χ0) is 21.7. The summed E-state index contributed by atoms with van der Waals surface area (Å²) < 4.78 is 6.15. The molecule has 4 nitrogen and oxygen atoms in total. The number of aryl methyl sites for hydroxylation is 2. The maximum absolute atomic E-state index is 12.9. The number of hydrogen-bond acceptors (Lipinski definition) is 3. The zero-order valence-corrected chi connectivity index (χ0v) is 19.4. The van der Waals surface area contributed by atoms with Gasteiger partial charge in [0.15, 0.2) is 5.78 Å². The highest BCUT2D eigenvalue weighted by Crippen LogP contribution is 2.16.